The fourth-order valence-electron chi connectivity index (χ4n) is 1.63. The van der Waals surface area contributed by atoms with Crippen LogP contribution in [-0.4, -0.2) is 22.0 Å². The summed E-state index contributed by atoms with van der Waals surface area (Å²) in [6.45, 7) is 0.177. The van der Waals surface area contributed by atoms with Gasteiger partial charge in [-0.25, -0.2) is 4.68 Å². The van der Waals surface area contributed by atoms with Crippen LogP contribution in [0.3, 0.4) is 0 Å². The highest BCUT2D eigenvalue weighted by Crippen LogP contribution is 2.12. The Morgan fingerprint density at radius 2 is 2.29 bits per heavy atom. The van der Waals surface area contributed by atoms with Crippen LogP contribution in [-0.2, 0) is 13.2 Å². The van der Waals surface area contributed by atoms with E-state index in [0.717, 1.165) is 11.3 Å². The first-order chi connectivity index (χ1) is 8.24. The molecule has 17 heavy (non-hydrogen) atoms. The van der Waals surface area contributed by atoms with Crippen LogP contribution in [0.25, 0.3) is 0 Å². The zero-order chi connectivity index (χ0) is 12.3. The summed E-state index contributed by atoms with van der Waals surface area (Å²) >= 11 is 0. The summed E-state index contributed by atoms with van der Waals surface area (Å²) in [7, 11) is 1.60. The van der Waals surface area contributed by atoms with E-state index < -0.39 is 0 Å². The van der Waals surface area contributed by atoms with Crippen LogP contribution in [0.2, 0.25) is 0 Å². The van der Waals surface area contributed by atoms with Crippen LogP contribution in [0.4, 0.5) is 0 Å². The number of nitrogens with one attached hydrogen (secondary N) is 1. The summed E-state index contributed by atoms with van der Waals surface area (Å²) in [5, 5.41) is 11.7. The molecule has 2 rings (SSSR count). The third-order valence-corrected chi connectivity index (χ3v) is 2.56. The fraction of sp³-hybridized carbons (Fsp3) is 0.250. The van der Waals surface area contributed by atoms with Gasteiger partial charge in [-0.1, -0.05) is 12.1 Å². The molecule has 2 aromatic rings. The Bertz CT molecular complexity index is 557. The molecule has 1 aromatic heterocycles. The molecule has 0 unspecified atom stereocenters. The predicted octanol–water partition coefficient (Wildman–Crippen LogP) is 0.726. The van der Waals surface area contributed by atoms with E-state index in [1.54, 1.807) is 7.11 Å². The summed E-state index contributed by atoms with van der Waals surface area (Å²) in [6.07, 6.45) is 1.52. The van der Waals surface area contributed by atoms with Crippen LogP contribution >= 0.6 is 0 Å². The number of rotatable bonds is 4. The van der Waals surface area contributed by atoms with Crippen molar-refractivity contribution in [1.29, 1.82) is 0 Å². The molecular weight excluding hydrogens is 220 g/mol. The number of nitrogens with zero attached hydrogens (tertiary/aromatic N) is 1. The van der Waals surface area contributed by atoms with Gasteiger partial charge in [0, 0.05) is 6.20 Å². The first-order valence-electron chi connectivity index (χ1n) is 5.25. The molecule has 0 saturated carbocycles. The average Bonchev–Trinajstić information content (AvgIpc) is 2.71. The van der Waals surface area contributed by atoms with Gasteiger partial charge in [-0.3, -0.25) is 4.79 Å². The van der Waals surface area contributed by atoms with Gasteiger partial charge in [0.1, 0.15) is 5.75 Å². The number of aromatic nitrogens is 2. The monoisotopic (exact) mass is 234 g/mol. The average molecular weight is 234 g/mol. The second-order valence-electron chi connectivity index (χ2n) is 3.70. The van der Waals surface area contributed by atoms with E-state index in [-0.39, 0.29) is 12.2 Å². The highest BCUT2D eigenvalue weighted by molar-refractivity contribution is 5.28. The van der Waals surface area contributed by atoms with Gasteiger partial charge in [0.05, 0.1) is 25.8 Å². The van der Waals surface area contributed by atoms with Gasteiger partial charge in [0.2, 0.25) is 0 Å². The lowest BCUT2D eigenvalue weighted by Crippen LogP contribution is -2.19. The Morgan fingerprint density at radius 1 is 1.47 bits per heavy atom. The van der Waals surface area contributed by atoms with Crippen LogP contribution in [0.5, 0.6) is 5.75 Å². The number of aromatic amines is 1. The Morgan fingerprint density at radius 3 is 2.94 bits per heavy atom. The van der Waals surface area contributed by atoms with E-state index >= 15 is 0 Å². The Balaban J connectivity index is 2.25. The molecule has 5 heteroatoms. The predicted molar refractivity (Wildman–Crippen MR) is 63.1 cm³/mol. The lowest BCUT2D eigenvalue weighted by atomic mass is 10.2. The van der Waals surface area contributed by atoms with Crippen molar-refractivity contribution in [2.75, 3.05) is 7.11 Å². The number of hydrogen-bond acceptors (Lipinski definition) is 3. The molecule has 0 aliphatic heterocycles. The topological polar surface area (TPSA) is 67.2 Å². The molecule has 90 valence electrons. The maximum atomic E-state index is 11.7. The maximum Gasteiger partial charge on any atom is 0.272 e. The molecule has 0 radical (unpaired) electrons. The molecule has 2 N–H and O–H groups in total. The van der Waals surface area contributed by atoms with Crippen molar-refractivity contribution in [3.8, 4) is 5.75 Å². The Hall–Kier alpha value is -2.01. The second-order valence-corrected chi connectivity index (χ2v) is 3.70. The summed E-state index contributed by atoms with van der Waals surface area (Å²) in [5.41, 5.74) is 1.13. The van der Waals surface area contributed by atoms with Gasteiger partial charge < -0.3 is 14.9 Å². The number of hydrogen-bond donors (Lipinski definition) is 2. The smallest absolute Gasteiger partial charge is 0.272 e. The van der Waals surface area contributed by atoms with Crippen LogP contribution in [0.1, 0.15) is 11.1 Å². The number of methoxy groups -OCH3 is 1. The van der Waals surface area contributed by atoms with Crippen molar-refractivity contribution in [3.05, 3.63) is 51.9 Å². The molecule has 0 aliphatic rings. The van der Waals surface area contributed by atoms with Crippen molar-refractivity contribution in [1.82, 2.24) is 9.78 Å². The molecule has 1 aromatic carbocycles. The quantitative estimate of drug-likeness (QED) is 0.819. The largest absolute Gasteiger partial charge is 0.497 e. The summed E-state index contributed by atoms with van der Waals surface area (Å²) in [6, 6.07) is 7.50. The second kappa shape index (κ2) is 4.88. The lowest BCUT2D eigenvalue weighted by molar-refractivity contribution is 0.280. The number of aliphatic hydroxyl groups excluding tert-OH is 1. The Labute approximate surface area is 98.3 Å². The van der Waals surface area contributed by atoms with Gasteiger partial charge in [-0.15, -0.1) is 0 Å². The van der Waals surface area contributed by atoms with Crippen molar-refractivity contribution >= 4 is 0 Å². The molecule has 0 saturated heterocycles. The van der Waals surface area contributed by atoms with Crippen LogP contribution in [0, 0.1) is 0 Å². The van der Waals surface area contributed by atoms with Gasteiger partial charge in [0.25, 0.3) is 5.56 Å². The number of benzene rings is 1. The minimum absolute atomic E-state index is 0.199. The van der Waals surface area contributed by atoms with Crippen molar-refractivity contribution in [2.45, 2.75) is 13.2 Å². The van der Waals surface area contributed by atoms with E-state index in [2.05, 4.69) is 5.10 Å². The highest BCUT2D eigenvalue weighted by atomic mass is 16.5. The SMILES string of the molecule is COc1cccc(Cn2[nH]cc(CO)c2=O)c1. The fourth-order valence-corrected chi connectivity index (χ4v) is 1.63. The van der Waals surface area contributed by atoms with E-state index in [1.165, 1.54) is 10.9 Å². The van der Waals surface area contributed by atoms with Gasteiger partial charge in [0.15, 0.2) is 0 Å². The molecule has 5 nitrogen and oxygen atoms in total. The number of aliphatic hydroxyl groups is 1. The van der Waals surface area contributed by atoms with Crippen molar-refractivity contribution in [2.24, 2.45) is 0 Å². The third kappa shape index (κ3) is 2.39. The minimum Gasteiger partial charge on any atom is -0.497 e. The zero-order valence-corrected chi connectivity index (χ0v) is 9.51. The standard InChI is InChI=1S/C12H14N2O3/c1-17-11-4-2-3-9(5-11)7-14-12(16)10(8-15)6-13-14/h2-6,13,15H,7-8H2,1H3. The maximum absolute atomic E-state index is 11.7. The summed E-state index contributed by atoms with van der Waals surface area (Å²) < 4.78 is 6.56. The summed E-state index contributed by atoms with van der Waals surface area (Å²) in [5.74, 6) is 0.754. The third-order valence-electron chi connectivity index (χ3n) is 2.56. The lowest BCUT2D eigenvalue weighted by Gasteiger charge is -2.04. The number of H-pyrrole nitrogens is 1. The van der Waals surface area contributed by atoms with Gasteiger partial charge in [-0.05, 0) is 17.7 Å². The molecule has 0 amide bonds. The molecule has 0 fully saturated rings. The number of ether oxygens (including phenoxy) is 1. The molecule has 0 aliphatic carbocycles. The molecular formula is C12H14N2O3. The Kier molecular flexibility index (Phi) is 3.30. The normalized spacial score (nSPS) is 10.5. The van der Waals surface area contributed by atoms with Gasteiger partial charge >= 0.3 is 0 Å². The van der Waals surface area contributed by atoms with Crippen molar-refractivity contribution < 1.29 is 9.84 Å². The van der Waals surface area contributed by atoms with E-state index in [0.29, 0.717) is 12.1 Å². The van der Waals surface area contributed by atoms with E-state index in [9.17, 15) is 4.79 Å². The van der Waals surface area contributed by atoms with Crippen LogP contribution in [0.15, 0.2) is 35.3 Å². The van der Waals surface area contributed by atoms with Crippen molar-refractivity contribution in [3.63, 3.8) is 0 Å². The zero-order valence-electron chi connectivity index (χ0n) is 9.51. The molecule has 0 atom stereocenters. The van der Waals surface area contributed by atoms with E-state index in [1.807, 2.05) is 24.3 Å². The summed E-state index contributed by atoms with van der Waals surface area (Å²) in [4.78, 5) is 11.7. The minimum atomic E-state index is -0.250. The first kappa shape index (κ1) is 11.5. The molecule has 1 heterocycles. The van der Waals surface area contributed by atoms with E-state index in [4.69, 9.17) is 9.84 Å². The van der Waals surface area contributed by atoms with Crippen LogP contribution < -0.4 is 10.3 Å². The molecule has 0 spiro atoms. The highest BCUT2D eigenvalue weighted by Gasteiger charge is 2.05. The van der Waals surface area contributed by atoms with Gasteiger partial charge in [-0.2, -0.15) is 0 Å². The molecule has 0 bridgehead atoms. The first-order valence-corrected chi connectivity index (χ1v) is 5.25.